The van der Waals surface area contributed by atoms with Gasteiger partial charge in [-0.3, -0.25) is 0 Å². The van der Waals surface area contributed by atoms with Crippen molar-refractivity contribution >= 4 is 74.7 Å². The van der Waals surface area contributed by atoms with E-state index in [0.29, 0.717) is 26.7 Å². The molecule has 1 heterocycles. The van der Waals surface area contributed by atoms with Crippen LogP contribution in [-0.2, 0) is 0 Å². The molecule has 2 N–H and O–H groups in total. The molecule has 112 valence electrons. The number of hydrogen-bond donors (Lipinski definition) is 2. The lowest BCUT2D eigenvalue weighted by molar-refractivity contribution is 0.970. The van der Waals surface area contributed by atoms with E-state index in [1.165, 1.54) is 0 Å². The summed E-state index contributed by atoms with van der Waals surface area (Å²) >= 11 is 20.5. The van der Waals surface area contributed by atoms with Crippen LogP contribution in [0.1, 0.15) is 13.3 Å². The molecule has 0 aliphatic heterocycles. The van der Waals surface area contributed by atoms with Crippen molar-refractivity contribution in [1.29, 1.82) is 0 Å². The molecule has 0 spiro atoms. The van der Waals surface area contributed by atoms with Crippen molar-refractivity contribution in [1.82, 2.24) is 4.98 Å². The molecule has 21 heavy (non-hydrogen) atoms. The van der Waals surface area contributed by atoms with Crippen LogP contribution in [0.5, 0.6) is 0 Å². The molecule has 0 aliphatic carbocycles. The van der Waals surface area contributed by atoms with Crippen LogP contribution in [0.15, 0.2) is 24.3 Å². The molecule has 2 rings (SSSR count). The second-order valence-electron chi connectivity index (χ2n) is 4.33. The summed E-state index contributed by atoms with van der Waals surface area (Å²) in [5, 5.41) is 8.03. The zero-order chi connectivity index (χ0) is 15.4. The largest absolute Gasteiger partial charge is 0.369 e. The number of pyridine rings is 1. The number of benzene rings is 1. The Hall–Kier alpha value is -0.430. The summed E-state index contributed by atoms with van der Waals surface area (Å²) in [6.45, 7) is 2.87. The van der Waals surface area contributed by atoms with Crippen molar-refractivity contribution < 1.29 is 0 Å². The number of halogens is 4. The van der Waals surface area contributed by atoms with Crippen molar-refractivity contribution in [3.63, 3.8) is 0 Å². The quantitative estimate of drug-likeness (QED) is 0.525. The van der Waals surface area contributed by atoms with Crippen LogP contribution in [0.4, 0.5) is 17.3 Å². The van der Waals surface area contributed by atoms with Gasteiger partial charge < -0.3 is 10.6 Å². The molecule has 0 aliphatic rings. The van der Waals surface area contributed by atoms with E-state index in [9.17, 15) is 0 Å². The lowest BCUT2D eigenvalue weighted by atomic mass is 10.3. The minimum atomic E-state index is 0.466. The summed E-state index contributed by atoms with van der Waals surface area (Å²) in [6.07, 6.45) is 0.985. The van der Waals surface area contributed by atoms with Crippen molar-refractivity contribution in [2.24, 2.45) is 0 Å². The van der Waals surface area contributed by atoms with E-state index in [0.717, 1.165) is 22.2 Å². The lowest BCUT2D eigenvalue weighted by Gasteiger charge is -2.13. The van der Waals surface area contributed by atoms with Gasteiger partial charge in [-0.1, -0.05) is 41.7 Å². The minimum Gasteiger partial charge on any atom is -0.369 e. The average Bonchev–Trinajstić information content (AvgIpc) is 2.43. The second-order valence-corrected chi connectivity index (χ2v) is 6.74. The van der Waals surface area contributed by atoms with Gasteiger partial charge in [0.2, 0.25) is 0 Å². The fourth-order valence-electron chi connectivity index (χ4n) is 1.64. The number of nitrogens with one attached hydrogen (secondary N) is 2. The van der Waals surface area contributed by atoms with E-state index >= 15 is 0 Å². The summed E-state index contributed by atoms with van der Waals surface area (Å²) < 4.78 is 0.982. The van der Waals surface area contributed by atoms with E-state index in [1.807, 2.05) is 18.2 Å². The fraction of sp³-hybridized carbons (Fsp3) is 0.214. The van der Waals surface area contributed by atoms with Crippen LogP contribution in [0.3, 0.4) is 0 Å². The van der Waals surface area contributed by atoms with Gasteiger partial charge in [-0.2, -0.15) is 0 Å². The fourth-order valence-corrected chi connectivity index (χ4v) is 3.12. The number of nitrogens with zero attached hydrogens (tertiary/aromatic N) is 1. The van der Waals surface area contributed by atoms with E-state index in [-0.39, 0.29) is 0 Å². The smallest absolute Gasteiger partial charge is 0.151 e. The topological polar surface area (TPSA) is 37.0 Å². The molecule has 2 aromatic rings. The molecular formula is C14H13Cl3IN3. The van der Waals surface area contributed by atoms with Gasteiger partial charge in [0.1, 0.15) is 5.82 Å². The SMILES string of the molecule is CCCNc1nc(Nc2ccc(Cl)cc2I)c(Cl)cc1Cl. The monoisotopic (exact) mass is 455 g/mol. The molecule has 0 fully saturated rings. The molecule has 1 aromatic carbocycles. The van der Waals surface area contributed by atoms with Gasteiger partial charge in [-0.25, -0.2) is 4.98 Å². The standard InChI is InChI=1S/C14H13Cl3IN3/c1-2-5-19-13-9(16)7-10(17)14(21-13)20-12-4-3-8(15)6-11(12)18/h3-4,6-7H,2,5H2,1H3,(H2,19,20,21). The van der Waals surface area contributed by atoms with E-state index in [4.69, 9.17) is 34.8 Å². The Morgan fingerprint density at radius 2 is 1.81 bits per heavy atom. The Balaban J connectivity index is 2.30. The van der Waals surface area contributed by atoms with Gasteiger partial charge in [0.05, 0.1) is 15.7 Å². The first-order valence-electron chi connectivity index (χ1n) is 6.33. The Bertz CT molecular complexity index is 650. The zero-order valence-electron chi connectivity index (χ0n) is 11.2. The van der Waals surface area contributed by atoms with Crippen molar-refractivity contribution in [3.05, 3.63) is 42.9 Å². The van der Waals surface area contributed by atoms with Gasteiger partial charge in [-0.15, -0.1) is 0 Å². The van der Waals surface area contributed by atoms with Crippen molar-refractivity contribution in [3.8, 4) is 0 Å². The lowest BCUT2D eigenvalue weighted by Crippen LogP contribution is -2.05. The highest BCUT2D eigenvalue weighted by atomic mass is 127. The Morgan fingerprint density at radius 3 is 2.48 bits per heavy atom. The second kappa shape index (κ2) is 7.72. The normalized spacial score (nSPS) is 10.5. The molecule has 0 unspecified atom stereocenters. The van der Waals surface area contributed by atoms with Crippen LogP contribution in [0.25, 0.3) is 0 Å². The highest BCUT2D eigenvalue weighted by Gasteiger charge is 2.10. The Morgan fingerprint density at radius 1 is 1.10 bits per heavy atom. The van der Waals surface area contributed by atoms with E-state index < -0.39 is 0 Å². The van der Waals surface area contributed by atoms with Crippen molar-refractivity contribution in [2.45, 2.75) is 13.3 Å². The summed E-state index contributed by atoms with van der Waals surface area (Å²) in [4.78, 5) is 4.45. The molecule has 0 saturated heterocycles. The van der Waals surface area contributed by atoms with Gasteiger partial charge in [0.25, 0.3) is 0 Å². The van der Waals surface area contributed by atoms with Gasteiger partial charge in [-0.05, 0) is 53.3 Å². The molecule has 0 bridgehead atoms. The highest BCUT2D eigenvalue weighted by Crippen LogP contribution is 2.32. The first kappa shape index (κ1) is 16.9. The van der Waals surface area contributed by atoms with Gasteiger partial charge >= 0.3 is 0 Å². The summed E-state index contributed by atoms with van der Waals surface area (Å²) in [6, 6.07) is 7.24. The molecule has 7 heteroatoms. The van der Waals surface area contributed by atoms with Crippen LogP contribution in [-0.4, -0.2) is 11.5 Å². The summed E-state index contributed by atoms with van der Waals surface area (Å²) in [7, 11) is 0. The molecule has 0 amide bonds. The Labute approximate surface area is 152 Å². The molecule has 0 radical (unpaired) electrons. The minimum absolute atomic E-state index is 0.466. The predicted molar refractivity (Wildman–Crippen MR) is 100 cm³/mol. The van der Waals surface area contributed by atoms with E-state index in [2.05, 4.69) is 45.1 Å². The molecule has 0 atom stereocenters. The van der Waals surface area contributed by atoms with Gasteiger partial charge in [0, 0.05) is 15.1 Å². The van der Waals surface area contributed by atoms with Crippen LogP contribution >= 0.6 is 57.4 Å². The van der Waals surface area contributed by atoms with Crippen LogP contribution in [0.2, 0.25) is 15.1 Å². The third-order valence-electron chi connectivity index (χ3n) is 2.66. The maximum atomic E-state index is 6.20. The molecular weight excluding hydrogens is 443 g/mol. The highest BCUT2D eigenvalue weighted by molar-refractivity contribution is 14.1. The molecule has 1 aromatic heterocycles. The van der Waals surface area contributed by atoms with Gasteiger partial charge in [0.15, 0.2) is 5.82 Å². The first-order valence-corrected chi connectivity index (χ1v) is 8.54. The summed E-state index contributed by atoms with van der Waals surface area (Å²) in [5.74, 6) is 1.18. The number of anilines is 3. The Kier molecular flexibility index (Phi) is 6.22. The van der Waals surface area contributed by atoms with Crippen molar-refractivity contribution in [2.75, 3.05) is 17.2 Å². The molecule has 3 nitrogen and oxygen atoms in total. The number of hydrogen-bond acceptors (Lipinski definition) is 3. The van der Waals surface area contributed by atoms with E-state index in [1.54, 1.807) is 6.07 Å². The predicted octanol–water partition coefficient (Wildman–Crippen LogP) is 6.21. The zero-order valence-corrected chi connectivity index (χ0v) is 15.6. The van der Waals surface area contributed by atoms with Crippen LogP contribution < -0.4 is 10.6 Å². The average molecular weight is 457 g/mol. The van der Waals surface area contributed by atoms with Crippen LogP contribution in [0, 0.1) is 3.57 Å². The third kappa shape index (κ3) is 4.52. The number of rotatable bonds is 5. The maximum absolute atomic E-state index is 6.20. The first-order chi connectivity index (χ1) is 10.0. The third-order valence-corrected chi connectivity index (χ3v) is 4.36. The maximum Gasteiger partial charge on any atom is 0.151 e. The number of aromatic nitrogens is 1. The molecule has 0 saturated carbocycles. The summed E-state index contributed by atoms with van der Waals surface area (Å²) in [5.41, 5.74) is 0.887.